The second-order valence-corrected chi connectivity index (χ2v) is 4.65. The fourth-order valence-electron chi connectivity index (χ4n) is 2.35. The summed E-state index contributed by atoms with van der Waals surface area (Å²) in [5.41, 5.74) is 2.69. The normalized spacial score (nSPS) is 16.6. The zero-order valence-electron chi connectivity index (χ0n) is 10.3. The first-order valence-corrected chi connectivity index (χ1v) is 6.16. The molecule has 2 nitrogen and oxygen atoms in total. The topological polar surface area (TPSA) is 21.3 Å². The molecule has 88 valence electrons. The van der Waals surface area contributed by atoms with Gasteiger partial charge < -0.3 is 10.1 Å². The van der Waals surface area contributed by atoms with Crippen LogP contribution in [0.4, 0.5) is 0 Å². The highest BCUT2D eigenvalue weighted by Gasteiger charge is 2.14. The Kier molecular flexibility index (Phi) is 3.83. The summed E-state index contributed by atoms with van der Waals surface area (Å²) < 4.78 is 5.25. The molecule has 0 unspecified atom stereocenters. The Morgan fingerprint density at radius 1 is 1.31 bits per heavy atom. The van der Waals surface area contributed by atoms with Gasteiger partial charge in [0.15, 0.2) is 0 Å². The fourth-order valence-corrected chi connectivity index (χ4v) is 2.35. The second kappa shape index (κ2) is 5.35. The number of hydrogen-bond donors (Lipinski definition) is 1. The highest BCUT2D eigenvalue weighted by molar-refractivity contribution is 5.34. The van der Waals surface area contributed by atoms with Crippen LogP contribution in [0.1, 0.15) is 36.8 Å². The van der Waals surface area contributed by atoms with Gasteiger partial charge in [0.1, 0.15) is 5.75 Å². The minimum absolute atomic E-state index is 0.727. The Labute approximate surface area is 98.0 Å². The molecule has 0 atom stereocenters. The third-order valence-corrected chi connectivity index (χ3v) is 3.49. The molecule has 0 amide bonds. The average molecular weight is 219 g/mol. The Morgan fingerprint density at radius 3 is 2.75 bits per heavy atom. The van der Waals surface area contributed by atoms with Gasteiger partial charge in [0.2, 0.25) is 0 Å². The van der Waals surface area contributed by atoms with Crippen molar-refractivity contribution in [2.45, 2.75) is 45.2 Å². The number of aryl methyl sites for hydroxylation is 1. The molecule has 0 spiro atoms. The fraction of sp³-hybridized carbons (Fsp3) is 0.571. The zero-order chi connectivity index (χ0) is 11.4. The maximum Gasteiger partial charge on any atom is 0.119 e. The lowest BCUT2D eigenvalue weighted by Crippen LogP contribution is -2.25. The Balaban J connectivity index is 1.96. The summed E-state index contributed by atoms with van der Waals surface area (Å²) in [7, 11) is 1.72. The Morgan fingerprint density at radius 2 is 2.06 bits per heavy atom. The van der Waals surface area contributed by atoms with E-state index in [1.807, 2.05) is 6.07 Å². The summed E-state index contributed by atoms with van der Waals surface area (Å²) in [6.07, 6.45) is 5.44. The van der Waals surface area contributed by atoms with Crippen molar-refractivity contribution in [2.75, 3.05) is 7.11 Å². The summed E-state index contributed by atoms with van der Waals surface area (Å²) >= 11 is 0. The standard InChI is InChI=1S/C14H21NO/c1-11-7-8-14(16-2)9-12(11)10-15-13-5-3-4-6-13/h7-9,13,15H,3-6,10H2,1-2H3. The van der Waals surface area contributed by atoms with Gasteiger partial charge in [-0.2, -0.15) is 0 Å². The molecule has 1 aliphatic carbocycles. The molecule has 1 fully saturated rings. The quantitative estimate of drug-likeness (QED) is 0.840. The molecule has 1 aliphatic rings. The van der Waals surface area contributed by atoms with E-state index in [2.05, 4.69) is 24.4 Å². The summed E-state index contributed by atoms with van der Waals surface area (Å²) in [6, 6.07) is 7.02. The zero-order valence-corrected chi connectivity index (χ0v) is 10.3. The first-order chi connectivity index (χ1) is 7.79. The number of ether oxygens (including phenoxy) is 1. The van der Waals surface area contributed by atoms with Gasteiger partial charge in [0.05, 0.1) is 7.11 Å². The van der Waals surface area contributed by atoms with Gasteiger partial charge in [-0.25, -0.2) is 0 Å². The molecule has 0 bridgehead atoms. The Hall–Kier alpha value is -1.02. The van der Waals surface area contributed by atoms with Gasteiger partial charge in [0, 0.05) is 12.6 Å². The average Bonchev–Trinajstić information content (AvgIpc) is 2.81. The monoisotopic (exact) mass is 219 g/mol. The van der Waals surface area contributed by atoms with Crippen molar-refractivity contribution < 1.29 is 4.74 Å². The molecule has 2 heteroatoms. The number of benzene rings is 1. The van der Waals surface area contributed by atoms with E-state index >= 15 is 0 Å². The molecule has 0 heterocycles. The van der Waals surface area contributed by atoms with E-state index in [1.165, 1.54) is 36.8 Å². The van der Waals surface area contributed by atoms with Crippen molar-refractivity contribution in [1.29, 1.82) is 0 Å². The van der Waals surface area contributed by atoms with Crippen molar-refractivity contribution >= 4 is 0 Å². The van der Waals surface area contributed by atoms with Crippen LogP contribution in [0.2, 0.25) is 0 Å². The molecule has 0 radical (unpaired) electrons. The molecule has 1 N–H and O–H groups in total. The van der Waals surface area contributed by atoms with Gasteiger partial charge in [-0.3, -0.25) is 0 Å². The Bertz CT molecular complexity index is 343. The van der Waals surface area contributed by atoms with Crippen molar-refractivity contribution in [3.05, 3.63) is 29.3 Å². The van der Waals surface area contributed by atoms with Crippen LogP contribution in [-0.2, 0) is 6.54 Å². The van der Waals surface area contributed by atoms with Gasteiger partial charge >= 0.3 is 0 Å². The summed E-state index contributed by atoms with van der Waals surface area (Å²) in [4.78, 5) is 0. The van der Waals surface area contributed by atoms with Gasteiger partial charge in [0.25, 0.3) is 0 Å². The van der Waals surface area contributed by atoms with E-state index in [-0.39, 0.29) is 0 Å². The molecule has 2 rings (SSSR count). The molecular formula is C14H21NO. The van der Waals surface area contributed by atoms with Gasteiger partial charge in [-0.1, -0.05) is 18.9 Å². The molecule has 16 heavy (non-hydrogen) atoms. The molecule has 0 aromatic heterocycles. The van der Waals surface area contributed by atoms with Crippen molar-refractivity contribution in [1.82, 2.24) is 5.32 Å². The minimum atomic E-state index is 0.727. The summed E-state index contributed by atoms with van der Waals surface area (Å²) in [5, 5.41) is 3.63. The van der Waals surface area contributed by atoms with Gasteiger partial charge in [-0.15, -0.1) is 0 Å². The van der Waals surface area contributed by atoms with Crippen molar-refractivity contribution in [2.24, 2.45) is 0 Å². The lowest BCUT2D eigenvalue weighted by Gasteiger charge is -2.14. The maximum absolute atomic E-state index is 5.25. The largest absolute Gasteiger partial charge is 0.497 e. The second-order valence-electron chi connectivity index (χ2n) is 4.65. The van der Waals surface area contributed by atoms with Crippen LogP contribution in [0, 0.1) is 6.92 Å². The van der Waals surface area contributed by atoms with Crippen LogP contribution in [0.3, 0.4) is 0 Å². The number of methoxy groups -OCH3 is 1. The lowest BCUT2D eigenvalue weighted by atomic mass is 10.1. The minimum Gasteiger partial charge on any atom is -0.497 e. The van der Waals surface area contributed by atoms with Crippen molar-refractivity contribution in [3.63, 3.8) is 0 Å². The smallest absolute Gasteiger partial charge is 0.119 e. The molecular weight excluding hydrogens is 198 g/mol. The third-order valence-electron chi connectivity index (χ3n) is 3.49. The number of rotatable bonds is 4. The van der Waals surface area contributed by atoms with E-state index in [9.17, 15) is 0 Å². The lowest BCUT2D eigenvalue weighted by molar-refractivity contribution is 0.413. The van der Waals surface area contributed by atoms with E-state index in [1.54, 1.807) is 7.11 Å². The highest BCUT2D eigenvalue weighted by Crippen LogP contribution is 2.20. The summed E-state index contributed by atoms with van der Waals surface area (Å²) in [5.74, 6) is 0.953. The van der Waals surface area contributed by atoms with Crippen LogP contribution in [-0.4, -0.2) is 13.2 Å². The predicted octanol–water partition coefficient (Wildman–Crippen LogP) is 3.04. The highest BCUT2D eigenvalue weighted by atomic mass is 16.5. The SMILES string of the molecule is COc1ccc(C)c(CNC2CCCC2)c1. The summed E-state index contributed by atoms with van der Waals surface area (Å²) in [6.45, 7) is 3.12. The molecule has 1 saturated carbocycles. The van der Waals surface area contributed by atoms with Crippen LogP contribution in [0.15, 0.2) is 18.2 Å². The van der Waals surface area contributed by atoms with E-state index < -0.39 is 0 Å². The molecule has 1 aromatic carbocycles. The maximum atomic E-state index is 5.25. The molecule has 1 aromatic rings. The van der Waals surface area contributed by atoms with E-state index in [4.69, 9.17) is 4.74 Å². The first kappa shape index (κ1) is 11.5. The van der Waals surface area contributed by atoms with Gasteiger partial charge in [-0.05, 0) is 43.0 Å². The van der Waals surface area contributed by atoms with Crippen LogP contribution >= 0.6 is 0 Å². The van der Waals surface area contributed by atoms with Crippen LogP contribution < -0.4 is 10.1 Å². The van der Waals surface area contributed by atoms with E-state index in [0.717, 1.165) is 18.3 Å². The van der Waals surface area contributed by atoms with Crippen LogP contribution in [0.25, 0.3) is 0 Å². The van der Waals surface area contributed by atoms with Crippen molar-refractivity contribution in [3.8, 4) is 5.75 Å². The third kappa shape index (κ3) is 2.76. The molecule has 0 aliphatic heterocycles. The van der Waals surface area contributed by atoms with E-state index in [0.29, 0.717) is 0 Å². The number of nitrogens with one attached hydrogen (secondary N) is 1. The molecule has 0 saturated heterocycles. The first-order valence-electron chi connectivity index (χ1n) is 6.16. The van der Waals surface area contributed by atoms with Crippen LogP contribution in [0.5, 0.6) is 5.75 Å². The number of hydrogen-bond acceptors (Lipinski definition) is 2. The predicted molar refractivity (Wildman–Crippen MR) is 66.8 cm³/mol.